The van der Waals surface area contributed by atoms with Crippen molar-refractivity contribution in [3.63, 3.8) is 0 Å². The van der Waals surface area contributed by atoms with Crippen molar-refractivity contribution in [1.82, 2.24) is 0 Å². The molecule has 0 radical (unpaired) electrons. The van der Waals surface area contributed by atoms with Crippen LogP contribution in [-0.2, 0) is 0 Å². The van der Waals surface area contributed by atoms with Crippen molar-refractivity contribution < 1.29 is 4.74 Å². The van der Waals surface area contributed by atoms with Gasteiger partial charge >= 0.3 is 0 Å². The SMILES string of the molecule is CCOc1c(C)cc(C)cc1C(C)C(C)C(N)=S. The first kappa shape index (κ1) is 15.0. The molecule has 0 fully saturated rings. The smallest absolute Gasteiger partial charge is 0.125 e. The molecule has 0 aliphatic heterocycles. The number of benzene rings is 1. The first-order valence-electron chi connectivity index (χ1n) is 6.41. The topological polar surface area (TPSA) is 35.2 Å². The van der Waals surface area contributed by atoms with Gasteiger partial charge in [-0.3, -0.25) is 0 Å². The normalized spacial score (nSPS) is 14.1. The highest BCUT2D eigenvalue weighted by Gasteiger charge is 2.21. The Bertz CT molecular complexity index is 442. The summed E-state index contributed by atoms with van der Waals surface area (Å²) in [7, 11) is 0. The maximum Gasteiger partial charge on any atom is 0.125 e. The molecule has 2 unspecified atom stereocenters. The standard InChI is InChI=1S/C15H23NOS/c1-6-17-14-10(3)7-9(2)8-13(14)11(4)12(5)15(16)18/h7-8,11-12H,6H2,1-5H3,(H2,16,18). The molecule has 1 rings (SSSR count). The van der Waals surface area contributed by atoms with E-state index in [-0.39, 0.29) is 11.8 Å². The van der Waals surface area contributed by atoms with E-state index in [1.807, 2.05) is 6.92 Å². The average molecular weight is 265 g/mol. The second-order valence-corrected chi connectivity index (χ2v) is 5.38. The Morgan fingerprint density at radius 1 is 1.33 bits per heavy atom. The number of nitrogens with two attached hydrogens (primary N) is 1. The van der Waals surface area contributed by atoms with Gasteiger partial charge in [0.1, 0.15) is 5.75 Å². The molecule has 2 nitrogen and oxygen atoms in total. The van der Waals surface area contributed by atoms with Gasteiger partial charge in [0.15, 0.2) is 0 Å². The molecule has 2 atom stereocenters. The Labute approximate surface area is 116 Å². The van der Waals surface area contributed by atoms with Crippen molar-refractivity contribution in [2.75, 3.05) is 6.61 Å². The maximum atomic E-state index is 5.79. The van der Waals surface area contributed by atoms with Crippen LogP contribution in [0.25, 0.3) is 0 Å². The number of ether oxygens (including phenoxy) is 1. The van der Waals surface area contributed by atoms with Crippen LogP contribution in [0, 0.1) is 19.8 Å². The summed E-state index contributed by atoms with van der Waals surface area (Å²) in [6, 6.07) is 4.32. The van der Waals surface area contributed by atoms with Crippen LogP contribution in [0.1, 0.15) is 43.4 Å². The van der Waals surface area contributed by atoms with Crippen LogP contribution in [0.15, 0.2) is 12.1 Å². The van der Waals surface area contributed by atoms with E-state index < -0.39 is 0 Å². The zero-order chi connectivity index (χ0) is 13.9. The molecule has 18 heavy (non-hydrogen) atoms. The summed E-state index contributed by atoms with van der Waals surface area (Å²) in [6.07, 6.45) is 0. The first-order valence-corrected chi connectivity index (χ1v) is 6.82. The molecule has 0 aromatic heterocycles. The predicted molar refractivity (Wildman–Crippen MR) is 81.4 cm³/mol. The lowest BCUT2D eigenvalue weighted by molar-refractivity contribution is 0.330. The van der Waals surface area contributed by atoms with Gasteiger partial charge in [-0.2, -0.15) is 0 Å². The van der Waals surface area contributed by atoms with Crippen molar-refractivity contribution in [1.29, 1.82) is 0 Å². The van der Waals surface area contributed by atoms with Crippen LogP contribution in [0.4, 0.5) is 0 Å². The van der Waals surface area contributed by atoms with E-state index in [1.54, 1.807) is 0 Å². The number of hydrogen-bond donors (Lipinski definition) is 1. The van der Waals surface area contributed by atoms with E-state index in [0.29, 0.717) is 11.6 Å². The van der Waals surface area contributed by atoms with Gasteiger partial charge in [-0.05, 0) is 37.8 Å². The van der Waals surface area contributed by atoms with E-state index in [1.165, 1.54) is 16.7 Å². The minimum Gasteiger partial charge on any atom is -0.493 e. The summed E-state index contributed by atoms with van der Waals surface area (Å²) >= 11 is 5.10. The minimum absolute atomic E-state index is 0.167. The third-order valence-electron chi connectivity index (χ3n) is 3.43. The maximum absolute atomic E-state index is 5.79. The largest absolute Gasteiger partial charge is 0.493 e. The fourth-order valence-corrected chi connectivity index (χ4v) is 2.39. The quantitative estimate of drug-likeness (QED) is 0.824. The molecule has 0 aliphatic carbocycles. The zero-order valence-corrected chi connectivity index (χ0v) is 12.7. The molecule has 0 saturated heterocycles. The molecule has 0 amide bonds. The molecule has 100 valence electrons. The second-order valence-electron chi connectivity index (χ2n) is 4.91. The second kappa shape index (κ2) is 6.19. The third-order valence-corrected chi connectivity index (χ3v) is 3.80. The molecular formula is C15H23NOS. The zero-order valence-electron chi connectivity index (χ0n) is 11.9. The number of thiocarbonyl (C=S) groups is 1. The highest BCUT2D eigenvalue weighted by Crippen LogP contribution is 2.35. The Kier molecular flexibility index (Phi) is 5.15. The van der Waals surface area contributed by atoms with Crippen molar-refractivity contribution in [2.45, 2.75) is 40.5 Å². The summed E-state index contributed by atoms with van der Waals surface area (Å²) < 4.78 is 5.79. The van der Waals surface area contributed by atoms with Crippen LogP contribution in [0.3, 0.4) is 0 Å². The lowest BCUT2D eigenvalue weighted by Gasteiger charge is -2.23. The van der Waals surface area contributed by atoms with Gasteiger partial charge in [0.25, 0.3) is 0 Å². The lowest BCUT2D eigenvalue weighted by atomic mass is 9.86. The van der Waals surface area contributed by atoms with Crippen molar-refractivity contribution >= 4 is 17.2 Å². The average Bonchev–Trinajstić information content (AvgIpc) is 2.30. The fourth-order valence-electron chi connectivity index (χ4n) is 2.18. The van der Waals surface area contributed by atoms with Crippen LogP contribution < -0.4 is 10.5 Å². The molecule has 0 bridgehead atoms. The summed E-state index contributed by atoms with van der Waals surface area (Å²) in [5.74, 6) is 1.42. The molecule has 1 aromatic rings. The Balaban J connectivity index is 3.24. The molecule has 2 N–H and O–H groups in total. The Morgan fingerprint density at radius 3 is 2.44 bits per heavy atom. The fraction of sp³-hybridized carbons (Fsp3) is 0.533. The van der Waals surface area contributed by atoms with E-state index >= 15 is 0 Å². The van der Waals surface area contributed by atoms with Crippen molar-refractivity contribution in [3.8, 4) is 5.75 Å². The first-order chi connectivity index (χ1) is 8.38. The van der Waals surface area contributed by atoms with Crippen LogP contribution in [0.5, 0.6) is 5.75 Å². The Morgan fingerprint density at radius 2 is 1.94 bits per heavy atom. The molecule has 0 aliphatic rings. The van der Waals surface area contributed by atoms with Gasteiger partial charge in [0, 0.05) is 5.92 Å². The molecule has 0 saturated carbocycles. The van der Waals surface area contributed by atoms with Crippen molar-refractivity contribution in [3.05, 3.63) is 28.8 Å². The van der Waals surface area contributed by atoms with Gasteiger partial charge in [-0.15, -0.1) is 0 Å². The summed E-state index contributed by atoms with van der Waals surface area (Å²) in [5, 5.41) is 0. The van der Waals surface area contributed by atoms with Crippen LogP contribution in [0.2, 0.25) is 0 Å². The van der Waals surface area contributed by atoms with Gasteiger partial charge in [-0.1, -0.05) is 43.8 Å². The number of aryl methyl sites for hydroxylation is 2. The number of hydrogen-bond acceptors (Lipinski definition) is 2. The van der Waals surface area contributed by atoms with Crippen LogP contribution in [-0.4, -0.2) is 11.6 Å². The summed E-state index contributed by atoms with van der Waals surface area (Å²) in [6.45, 7) is 11.1. The molecule has 0 spiro atoms. The van der Waals surface area contributed by atoms with Gasteiger partial charge in [0.05, 0.1) is 11.6 Å². The predicted octanol–water partition coefficient (Wildman–Crippen LogP) is 3.73. The molecule has 1 aromatic carbocycles. The molecule has 3 heteroatoms. The van der Waals surface area contributed by atoms with E-state index in [4.69, 9.17) is 22.7 Å². The number of rotatable bonds is 5. The Hall–Kier alpha value is -1.09. The third kappa shape index (κ3) is 3.22. The van der Waals surface area contributed by atoms with Gasteiger partial charge in [0.2, 0.25) is 0 Å². The summed E-state index contributed by atoms with van der Waals surface area (Å²) in [4.78, 5) is 0.559. The monoisotopic (exact) mass is 265 g/mol. The lowest BCUT2D eigenvalue weighted by Crippen LogP contribution is -2.23. The highest BCUT2D eigenvalue weighted by atomic mass is 32.1. The van der Waals surface area contributed by atoms with Crippen LogP contribution >= 0.6 is 12.2 Å². The molecule has 0 heterocycles. The van der Waals surface area contributed by atoms with Gasteiger partial charge in [-0.25, -0.2) is 0 Å². The van der Waals surface area contributed by atoms with Crippen molar-refractivity contribution in [2.24, 2.45) is 11.7 Å². The molecular weight excluding hydrogens is 242 g/mol. The van der Waals surface area contributed by atoms with E-state index in [9.17, 15) is 0 Å². The highest BCUT2D eigenvalue weighted by molar-refractivity contribution is 7.80. The summed E-state index contributed by atoms with van der Waals surface area (Å²) in [5.41, 5.74) is 9.39. The van der Waals surface area contributed by atoms with Gasteiger partial charge < -0.3 is 10.5 Å². The minimum atomic E-state index is 0.167. The van der Waals surface area contributed by atoms with E-state index in [0.717, 1.165) is 5.75 Å². The van der Waals surface area contributed by atoms with E-state index in [2.05, 4.69) is 39.8 Å².